The molecule has 1 aliphatic rings. The zero-order valence-corrected chi connectivity index (χ0v) is 17.6. The van der Waals surface area contributed by atoms with Gasteiger partial charge in [-0.2, -0.15) is 0 Å². The van der Waals surface area contributed by atoms with Crippen LogP contribution in [-0.4, -0.2) is 25.4 Å². The molecule has 0 amide bonds. The average Bonchev–Trinajstić information content (AvgIpc) is 3.41. The van der Waals surface area contributed by atoms with Crippen LogP contribution in [0, 0.1) is 12.7 Å². The van der Waals surface area contributed by atoms with E-state index in [1.807, 2.05) is 6.92 Å². The Morgan fingerprint density at radius 1 is 1.46 bits per heavy atom. The molecule has 0 radical (unpaired) electrons. The number of rotatable bonds is 6. The quantitative estimate of drug-likeness (QED) is 0.386. The predicted molar refractivity (Wildman–Crippen MR) is 98.6 cm³/mol. The number of halogens is 2. The number of nitrogens with zero attached hydrogens (tertiary/aromatic N) is 3. The third-order valence-corrected chi connectivity index (χ3v) is 7.86. The summed E-state index contributed by atoms with van der Waals surface area (Å²) in [4.78, 5) is 15.0. The molecule has 1 aliphatic heterocycles. The number of alkyl halides is 2. The van der Waals surface area contributed by atoms with Gasteiger partial charge in [0.15, 0.2) is 0 Å². The van der Waals surface area contributed by atoms with Crippen molar-refractivity contribution in [1.29, 1.82) is 0 Å². The van der Waals surface area contributed by atoms with E-state index in [9.17, 15) is 4.39 Å². The van der Waals surface area contributed by atoms with Crippen LogP contribution in [-0.2, 0) is 13.0 Å². The molecule has 5 nitrogen and oxygen atoms in total. The van der Waals surface area contributed by atoms with Crippen LogP contribution in [0.3, 0.4) is 0 Å². The Labute approximate surface area is 165 Å². The van der Waals surface area contributed by atoms with Crippen LogP contribution in [0.4, 0.5) is 10.2 Å². The van der Waals surface area contributed by atoms with Crippen molar-refractivity contribution in [2.75, 3.05) is 9.74 Å². The molecule has 3 aromatic rings. The molecular weight excluding hydrogens is 464 g/mol. The second kappa shape index (κ2) is 7.32. The molecule has 1 saturated heterocycles. The number of pyridine rings is 1. The maximum atomic E-state index is 13.9. The average molecular weight is 484 g/mol. The van der Waals surface area contributed by atoms with Crippen LogP contribution in [0.25, 0.3) is 10.2 Å². The molecule has 4 heterocycles. The van der Waals surface area contributed by atoms with Gasteiger partial charge < -0.3 is 0 Å². The van der Waals surface area contributed by atoms with Crippen LogP contribution < -0.4 is 32.3 Å². The van der Waals surface area contributed by atoms with Crippen molar-refractivity contribution in [2.24, 2.45) is 5.73 Å². The minimum atomic E-state index is -0.307. The van der Waals surface area contributed by atoms with Crippen LogP contribution >= 0.6 is 11.3 Å². The van der Waals surface area contributed by atoms with E-state index in [1.54, 1.807) is 23.6 Å². The Hall–Kier alpha value is -1.39. The first-order valence-corrected chi connectivity index (χ1v) is 12.1. The van der Waals surface area contributed by atoms with E-state index in [0.29, 0.717) is 16.2 Å². The van der Waals surface area contributed by atoms with Gasteiger partial charge in [-0.15, -0.1) is 0 Å². The monoisotopic (exact) mass is 484 g/mol. The van der Waals surface area contributed by atoms with Crippen molar-refractivity contribution in [3.8, 4) is 0 Å². The fourth-order valence-corrected chi connectivity index (χ4v) is 5.47. The van der Waals surface area contributed by atoms with Crippen LogP contribution in [0.1, 0.15) is 32.8 Å². The van der Waals surface area contributed by atoms with Crippen molar-refractivity contribution < 1.29 is 25.6 Å². The van der Waals surface area contributed by atoms with Gasteiger partial charge in [0.05, 0.1) is 0 Å². The van der Waals surface area contributed by atoms with Crippen molar-refractivity contribution >= 4 is 27.4 Å². The SMILES string of the molecule is Cc1c(C[C@H](C)N)sc2c(NCc3ncccc3F)nc(C3C[I-]3)nc12. The van der Waals surface area contributed by atoms with E-state index in [-0.39, 0.29) is 33.1 Å². The summed E-state index contributed by atoms with van der Waals surface area (Å²) in [7, 11) is 0. The molecule has 138 valence electrons. The van der Waals surface area contributed by atoms with Crippen molar-refractivity contribution in [1.82, 2.24) is 15.0 Å². The first-order chi connectivity index (χ1) is 12.5. The molecule has 0 bridgehead atoms. The number of aromatic nitrogens is 3. The predicted octanol–water partition coefficient (Wildman–Crippen LogP) is 0.179. The number of hydrogen-bond acceptors (Lipinski definition) is 6. The minimum absolute atomic E-state index is 0.0996. The summed E-state index contributed by atoms with van der Waals surface area (Å²) in [6.45, 7) is 4.42. The van der Waals surface area contributed by atoms with E-state index in [0.717, 1.165) is 28.3 Å². The summed E-state index contributed by atoms with van der Waals surface area (Å²) >= 11 is 1.89. The Morgan fingerprint density at radius 3 is 2.96 bits per heavy atom. The van der Waals surface area contributed by atoms with Gasteiger partial charge in [-0.05, 0) is 0 Å². The molecule has 0 saturated carbocycles. The third-order valence-electron chi connectivity index (χ3n) is 4.24. The van der Waals surface area contributed by atoms with E-state index < -0.39 is 0 Å². The fraction of sp³-hybridized carbons (Fsp3) is 0.389. The summed E-state index contributed by atoms with van der Waals surface area (Å²) in [5.74, 6) is 1.41. The molecule has 0 spiro atoms. The number of thiophene rings is 1. The molecule has 3 aromatic heterocycles. The van der Waals surface area contributed by atoms with E-state index >= 15 is 0 Å². The van der Waals surface area contributed by atoms with Gasteiger partial charge in [0.1, 0.15) is 0 Å². The fourth-order valence-electron chi connectivity index (χ4n) is 2.80. The Morgan fingerprint density at radius 2 is 2.27 bits per heavy atom. The van der Waals surface area contributed by atoms with Gasteiger partial charge in [0.2, 0.25) is 0 Å². The van der Waals surface area contributed by atoms with Crippen molar-refractivity contribution in [3.05, 3.63) is 46.1 Å². The molecule has 8 heteroatoms. The molecule has 0 aromatic carbocycles. The normalized spacial score (nSPS) is 17.8. The van der Waals surface area contributed by atoms with E-state index in [1.165, 1.54) is 20.9 Å². The van der Waals surface area contributed by atoms with Crippen LogP contribution in [0.15, 0.2) is 18.3 Å². The Balaban J connectivity index is 1.72. The van der Waals surface area contributed by atoms with Gasteiger partial charge >= 0.3 is 166 Å². The second-order valence-electron chi connectivity index (χ2n) is 6.50. The van der Waals surface area contributed by atoms with Crippen LogP contribution in [0.2, 0.25) is 0 Å². The van der Waals surface area contributed by atoms with Gasteiger partial charge in [0, 0.05) is 0 Å². The standard InChI is InChI=1S/C18H20FIN5S/c1-9(21)6-14-10(2)15-16(26-14)18(25-17(24-15)12-7-20-12)23-8-13-11(19)4-3-5-22-13/h3-5,9,12H,6-8,21H2,1-2H3,(H,23,24,25)/q-1/t9-,12?/m0/s1. The van der Waals surface area contributed by atoms with Gasteiger partial charge in [-0.3, -0.25) is 0 Å². The second-order valence-corrected chi connectivity index (χ2v) is 10.9. The number of hydrogen-bond donors (Lipinski definition) is 2. The van der Waals surface area contributed by atoms with Crippen LogP contribution in [0.5, 0.6) is 0 Å². The molecular formula is C18H20FIN5S-. The van der Waals surface area contributed by atoms with Gasteiger partial charge in [0.25, 0.3) is 0 Å². The number of nitrogens with one attached hydrogen (secondary N) is 1. The van der Waals surface area contributed by atoms with Gasteiger partial charge in [-0.1, -0.05) is 0 Å². The van der Waals surface area contributed by atoms with E-state index in [4.69, 9.17) is 15.7 Å². The summed E-state index contributed by atoms with van der Waals surface area (Å²) in [6, 6.07) is 3.12. The number of anilines is 1. The number of aryl methyl sites for hydroxylation is 1. The first kappa shape index (κ1) is 18.0. The van der Waals surface area contributed by atoms with E-state index in [2.05, 4.69) is 17.2 Å². The molecule has 3 N–H and O–H groups in total. The zero-order chi connectivity index (χ0) is 18.3. The number of fused-ring (bicyclic) bond motifs is 1. The molecule has 0 aliphatic carbocycles. The number of nitrogens with two attached hydrogens (primary N) is 1. The molecule has 1 fully saturated rings. The molecule has 1 unspecified atom stereocenters. The van der Waals surface area contributed by atoms with Crippen molar-refractivity contribution in [3.63, 3.8) is 0 Å². The summed E-state index contributed by atoms with van der Waals surface area (Å²) in [5, 5.41) is 3.30. The Bertz CT molecular complexity index is 954. The zero-order valence-electron chi connectivity index (χ0n) is 14.6. The maximum absolute atomic E-state index is 13.9. The third kappa shape index (κ3) is 3.67. The first-order valence-electron chi connectivity index (χ1n) is 8.49. The molecule has 26 heavy (non-hydrogen) atoms. The Kier molecular flexibility index (Phi) is 5.07. The van der Waals surface area contributed by atoms with Gasteiger partial charge in [-0.25, -0.2) is 0 Å². The summed E-state index contributed by atoms with van der Waals surface area (Å²) < 4.78 is 16.7. The van der Waals surface area contributed by atoms with Crippen molar-refractivity contribution in [2.45, 2.75) is 36.8 Å². The summed E-state index contributed by atoms with van der Waals surface area (Å²) in [5.41, 5.74) is 8.60. The molecule has 4 rings (SSSR count). The molecule has 2 atom stereocenters. The topological polar surface area (TPSA) is 76.7 Å². The summed E-state index contributed by atoms with van der Waals surface area (Å²) in [6.07, 6.45) is 2.43.